The molecule has 64 heavy (non-hydrogen) atoms. The van der Waals surface area contributed by atoms with Crippen molar-refractivity contribution in [2.75, 3.05) is 52.6 Å². The maximum atomic E-state index is 13.9. The summed E-state index contributed by atoms with van der Waals surface area (Å²) in [6.45, 7) is 13.5. The minimum Gasteiger partial charge on any atom is -0.492 e. The lowest BCUT2D eigenvalue weighted by molar-refractivity contribution is 0.237. The van der Waals surface area contributed by atoms with Gasteiger partial charge in [-0.15, -0.1) is 0 Å². The molecule has 0 aliphatic carbocycles. The number of hydrogen-bond donors (Lipinski definition) is 0. The highest BCUT2D eigenvalue weighted by Crippen LogP contribution is 2.35. The molecule has 0 N–H and O–H groups in total. The minimum absolute atomic E-state index is 0.124. The quantitative estimate of drug-likeness (QED) is 0.172. The molecule has 10 nitrogen and oxygen atoms in total. The Balaban J connectivity index is 1.13. The van der Waals surface area contributed by atoms with Crippen molar-refractivity contribution < 1.29 is 35.8 Å². The third kappa shape index (κ3) is 10.8. The normalized spacial score (nSPS) is 17.0. The van der Waals surface area contributed by atoms with Crippen molar-refractivity contribution in [3.05, 3.63) is 179 Å². The van der Waals surface area contributed by atoms with Crippen LogP contribution in [-0.4, -0.2) is 78.1 Å². The number of hydrogen-bond acceptors (Lipinski definition) is 8. The highest BCUT2D eigenvalue weighted by atomic mass is 32.2. The van der Waals surface area contributed by atoms with E-state index in [9.17, 15) is 16.8 Å². The number of benzene rings is 6. The van der Waals surface area contributed by atoms with Crippen molar-refractivity contribution >= 4 is 20.0 Å². The third-order valence-corrected chi connectivity index (χ3v) is 15.9. The second-order valence-electron chi connectivity index (χ2n) is 17.2. The number of ether oxygens (including phenoxy) is 4. The lowest BCUT2D eigenvalue weighted by Crippen LogP contribution is -2.37. The van der Waals surface area contributed by atoms with Gasteiger partial charge < -0.3 is 18.9 Å². The Bertz CT molecular complexity index is 2380. The lowest BCUT2D eigenvalue weighted by Gasteiger charge is -2.27. The molecule has 0 amide bonds. The van der Waals surface area contributed by atoms with E-state index < -0.39 is 20.0 Å². The molecule has 0 saturated heterocycles. The van der Waals surface area contributed by atoms with Crippen LogP contribution in [0.15, 0.2) is 155 Å². The molecule has 0 atom stereocenters. The Morgan fingerprint density at radius 2 is 0.578 bits per heavy atom. The summed E-state index contributed by atoms with van der Waals surface area (Å²) in [5, 5.41) is 0. The highest BCUT2D eigenvalue weighted by molar-refractivity contribution is 7.89. The second kappa shape index (κ2) is 19.6. The molecular weight excluding hydrogens is 845 g/mol. The van der Waals surface area contributed by atoms with Gasteiger partial charge in [-0.1, -0.05) is 112 Å². The number of rotatable bonds is 4. The first-order valence-electron chi connectivity index (χ1n) is 21.6. The van der Waals surface area contributed by atoms with Crippen LogP contribution in [0.2, 0.25) is 0 Å². The molecule has 0 saturated carbocycles. The predicted molar refractivity (Wildman–Crippen MR) is 252 cm³/mol. The van der Waals surface area contributed by atoms with Crippen molar-refractivity contribution in [2.24, 2.45) is 0 Å². The zero-order valence-electron chi connectivity index (χ0n) is 37.5. The highest BCUT2D eigenvalue weighted by Gasteiger charge is 2.28. The van der Waals surface area contributed by atoms with Gasteiger partial charge in [0.15, 0.2) is 0 Å². The molecule has 6 aromatic rings. The van der Waals surface area contributed by atoms with Crippen molar-refractivity contribution in [2.45, 2.75) is 62.2 Å². The largest absolute Gasteiger partial charge is 0.492 e. The summed E-state index contributed by atoms with van der Waals surface area (Å²) in [6, 6.07) is 45.1. The molecule has 0 radical (unpaired) electrons. The third-order valence-electron chi connectivity index (χ3n) is 12.1. The van der Waals surface area contributed by atoms with Crippen LogP contribution in [0, 0.1) is 13.8 Å². The molecule has 0 unspecified atom stereocenters. The maximum absolute atomic E-state index is 13.9. The van der Waals surface area contributed by atoms with Gasteiger partial charge in [-0.05, 0) is 109 Å². The van der Waals surface area contributed by atoms with Crippen LogP contribution < -0.4 is 18.9 Å². The molecule has 8 bridgehead atoms. The number of nitrogens with zero attached hydrogens (tertiary/aromatic N) is 2. The van der Waals surface area contributed by atoms with Gasteiger partial charge in [0.25, 0.3) is 0 Å². The zero-order valence-corrected chi connectivity index (χ0v) is 39.1. The fourth-order valence-corrected chi connectivity index (χ4v) is 10.5. The molecule has 7 aliphatic heterocycles. The Morgan fingerprint density at radius 3 is 0.797 bits per heavy atom. The Morgan fingerprint density at radius 1 is 0.359 bits per heavy atom. The first-order valence-corrected chi connectivity index (χ1v) is 24.5. The van der Waals surface area contributed by atoms with E-state index in [1.807, 2.05) is 111 Å². The summed E-state index contributed by atoms with van der Waals surface area (Å²) in [7, 11) is -7.69. The first-order chi connectivity index (χ1) is 30.5. The van der Waals surface area contributed by atoms with Crippen molar-refractivity contribution in [3.63, 3.8) is 0 Å². The molecule has 6 aromatic carbocycles. The Labute approximate surface area is 379 Å². The average Bonchev–Trinajstić information content (AvgIpc) is 3.28. The van der Waals surface area contributed by atoms with E-state index in [4.69, 9.17) is 18.9 Å². The number of aryl methyl sites for hydroxylation is 2. The molecule has 0 aromatic heterocycles. The van der Waals surface area contributed by atoms with Gasteiger partial charge in [0.05, 0.1) is 9.79 Å². The maximum Gasteiger partial charge on any atom is 0.243 e. The van der Waals surface area contributed by atoms with Crippen molar-refractivity contribution in [1.29, 1.82) is 0 Å². The number of sulfonamides is 2. The van der Waals surface area contributed by atoms with Crippen molar-refractivity contribution in [1.82, 2.24) is 8.61 Å². The molecule has 0 spiro atoms. The smallest absolute Gasteiger partial charge is 0.243 e. The summed E-state index contributed by atoms with van der Waals surface area (Å²) in [5.74, 6) is 2.51. The van der Waals surface area contributed by atoms with Gasteiger partial charge in [0, 0.05) is 37.0 Å². The lowest BCUT2D eigenvalue weighted by atomic mass is 9.78. The predicted octanol–water partition coefficient (Wildman–Crippen LogP) is 9.57. The first kappa shape index (κ1) is 46.3. The van der Waals surface area contributed by atoms with E-state index in [1.54, 1.807) is 48.5 Å². The van der Waals surface area contributed by atoms with Crippen LogP contribution in [0.3, 0.4) is 0 Å². The SMILES string of the molecule is Cc1ccc(S(=O)(=O)N2CCOc3ccc(cc3)C(C)(C)c3ccc(cc3)OCCN(S(=O)(=O)c3ccc(C)cc3)CCOc3ccc(cc3)C(C)(C)c3ccc(cc3)OCC2)cc1. The standard InChI is InChI=1S/C52H58N2O8S2/c1-39-7-27-49(28-8-39)63(55,56)53-31-35-59-45-19-11-41(12-20-45)51(3,4)43-15-23-47(24-16-43)61-37-33-54(64(57,58)50-29-9-40(2)10-30-50)34-38-62-48-25-17-44(18-26-48)52(5,6)42-13-21-46(22-14-42)60-36-32-53/h7-30H,31-38H2,1-6H3. The summed E-state index contributed by atoms with van der Waals surface area (Å²) in [4.78, 5) is 0.435. The van der Waals surface area contributed by atoms with Crippen LogP contribution >= 0.6 is 0 Å². The van der Waals surface area contributed by atoms with Gasteiger partial charge >= 0.3 is 0 Å². The van der Waals surface area contributed by atoms with Gasteiger partial charge in [-0.3, -0.25) is 0 Å². The molecule has 7 heterocycles. The van der Waals surface area contributed by atoms with Gasteiger partial charge in [-0.25, -0.2) is 16.8 Å². The molecule has 12 heteroatoms. The van der Waals surface area contributed by atoms with E-state index in [0.717, 1.165) is 33.4 Å². The van der Waals surface area contributed by atoms with E-state index in [0.29, 0.717) is 23.0 Å². The molecule has 336 valence electrons. The summed E-state index contributed by atoms with van der Waals surface area (Å²) < 4.78 is 83.1. The van der Waals surface area contributed by atoms with Gasteiger partial charge in [0.2, 0.25) is 20.0 Å². The van der Waals surface area contributed by atoms with E-state index in [-0.39, 0.29) is 73.2 Å². The van der Waals surface area contributed by atoms with Gasteiger partial charge in [0.1, 0.15) is 49.4 Å². The monoisotopic (exact) mass is 902 g/mol. The average molecular weight is 903 g/mol. The van der Waals surface area contributed by atoms with Crippen molar-refractivity contribution in [3.8, 4) is 23.0 Å². The van der Waals surface area contributed by atoms with Crippen LogP contribution in [0.5, 0.6) is 23.0 Å². The van der Waals surface area contributed by atoms with E-state index in [2.05, 4.69) is 27.7 Å². The minimum atomic E-state index is -3.84. The van der Waals surface area contributed by atoms with Crippen LogP contribution in [0.25, 0.3) is 0 Å². The molecule has 13 rings (SSSR count). The topological polar surface area (TPSA) is 112 Å². The fourth-order valence-electron chi connectivity index (χ4n) is 7.69. The van der Waals surface area contributed by atoms with E-state index >= 15 is 0 Å². The van der Waals surface area contributed by atoms with Crippen LogP contribution in [0.4, 0.5) is 0 Å². The molecular formula is C52H58N2O8S2. The Hall–Kier alpha value is -5.66. The zero-order chi connectivity index (χ0) is 45.5. The van der Waals surface area contributed by atoms with Crippen LogP contribution in [-0.2, 0) is 30.9 Å². The van der Waals surface area contributed by atoms with Gasteiger partial charge in [-0.2, -0.15) is 8.61 Å². The second-order valence-corrected chi connectivity index (χ2v) is 21.1. The summed E-state index contributed by atoms with van der Waals surface area (Å²) in [6.07, 6.45) is 0. The molecule has 0 fully saturated rings. The van der Waals surface area contributed by atoms with Crippen LogP contribution in [0.1, 0.15) is 61.1 Å². The molecule has 7 aliphatic rings. The Kier molecular flexibility index (Phi) is 14.2. The summed E-state index contributed by atoms with van der Waals surface area (Å²) in [5.41, 5.74) is 5.45. The summed E-state index contributed by atoms with van der Waals surface area (Å²) >= 11 is 0. The fraction of sp³-hybridized carbons (Fsp3) is 0.308. The van der Waals surface area contributed by atoms with E-state index in [1.165, 1.54) is 8.61 Å².